The van der Waals surface area contributed by atoms with Crippen LogP contribution in [0.4, 0.5) is 0 Å². The Balaban J connectivity index is 2.43. The van der Waals surface area contributed by atoms with Crippen LogP contribution >= 0.6 is 11.3 Å². The molecule has 1 aromatic rings. The van der Waals surface area contributed by atoms with Gasteiger partial charge in [-0.15, -0.1) is 11.3 Å². The van der Waals surface area contributed by atoms with E-state index in [2.05, 4.69) is 17.2 Å². The third kappa shape index (κ3) is 5.93. The molecule has 0 spiro atoms. The fourth-order valence-corrected chi connectivity index (χ4v) is 4.26. The smallest absolute Gasteiger partial charge is 0.156 e. The second-order valence-electron chi connectivity index (χ2n) is 4.34. The molecule has 0 saturated carbocycles. The summed E-state index contributed by atoms with van der Waals surface area (Å²) < 4.78 is 23.3. The monoisotopic (exact) mass is 290 g/mol. The van der Waals surface area contributed by atoms with Crippen molar-refractivity contribution in [1.29, 1.82) is 0 Å². The summed E-state index contributed by atoms with van der Waals surface area (Å²) in [7, 11) is -2.97. The van der Waals surface area contributed by atoms with Crippen LogP contribution in [0.5, 0.6) is 0 Å². The number of aromatic nitrogens is 1. The molecular weight excluding hydrogens is 268 g/mol. The number of sulfone groups is 1. The Kier molecular flexibility index (Phi) is 6.81. The van der Waals surface area contributed by atoms with Crippen molar-refractivity contribution in [3.05, 3.63) is 16.1 Å². The van der Waals surface area contributed by atoms with Gasteiger partial charge in [0.2, 0.25) is 0 Å². The summed E-state index contributed by atoms with van der Waals surface area (Å²) in [6, 6.07) is 0. The van der Waals surface area contributed by atoms with E-state index in [9.17, 15) is 8.42 Å². The zero-order chi connectivity index (χ0) is 13.4. The van der Waals surface area contributed by atoms with Crippen molar-refractivity contribution in [3.8, 4) is 0 Å². The number of nitrogens with one attached hydrogen (secondary N) is 1. The highest BCUT2D eigenvalue weighted by molar-refractivity contribution is 7.90. The molecule has 1 heterocycles. The maximum Gasteiger partial charge on any atom is 0.156 e. The van der Waals surface area contributed by atoms with E-state index in [1.54, 1.807) is 6.20 Å². The lowest BCUT2D eigenvalue weighted by atomic mass is 10.3. The average Bonchev–Trinajstić information content (AvgIpc) is 2.71. The van der Waals surface area contributed by atoms with E-state index in [0.717, 1.165) is 24.4 Å². The Morgan fingerprint density at radius 1 is 1.33 bits per heavy atom. The molecule has 0 atom stereocenters. The molecule has 1 aromatic heterocycles. The van der Waals surface area contributed by atoms with Crippen molar-refractivity contribution in [2.24, 2.45) is 0 Å². The number of hydrogen-bond acceptors (Lipinski definition) is 5. The topological polar surface area (TPSA) is 59.1 Å². The molecule has 0 aromatic carbocycles. The first-order valence-electron chi connectivity index (χ1n) is 6.42. The van der Waals surface area contributed by atoms with E-state index in [1.165, 1.54) is 17.8 Å². The summed E-state index contributed by atoms with van der Waals surface area (Å²) in [5, 5.41) is 4.03. The lowest BCUT2D eigenvalue weighted by Crippen LogP contribution is -2.13. The summed E-state index contributed by atoms with van der Waals surface area (Å²) >= 11 is 1.49. The second-order valence-corrected chi connectivity index (χ2v) is 7.73. The summed E-state index contributed by atoms with van der Waals surface area (Å²) in [4.78, 5) is 5.29. The lowest BCUT2D eigenvalue weighted by Gasteiger charge is -2.00. The largest absolute Gasteiger partial charge is 0.312 e. The van der Waals surface area contributed by atoms with E-state index in [4.69, 9.17) is 0 Å². The molecule has 6 heteroatoms. The van der Waals surface area contributed by atoms with E-state index < -0.39 is 9.84 Å². The maximum absolute atomic E-state index is 11.7. The van der Waals surface area contributed by atoms with Crippen LogP contribution in [0.1, 0.15) is 43.0 Å². The highest BCUT2D eigenvalue weighted by Gasteiger charge is 2.13. The Bertz CT molecular complexity index is 441. The van der Waals surface area contributed by atoms with Gasteiger partial charge in [0.1, 0.15) is 10.8 Å². The normalized spacial score (nSPS) is 11.9. The van der Waals surface area contributed by atoms with Crippen LogP contribution in [-0.4, -0.2) is 25.7 Å². The van der Waals surface area contributed by atoms with E-state index in [-0.39, 0.29) is 11.5 Å². The van der Waals surface area contributed by atoms with Crippen molar-refractivity contribution in [1.82, 2.24) is 10.3 Å². The van der Waals surface area contributed by atoms with Gasteiger partial charge < -0.3 is 5.32 Å². The molecule has 0 unspecified atom stereocenters. The van der Waals surface area contributed by atoms with Crippen molar-refractivity contribution in [3.63, 3.8) is 0 Å². The molecule has 0 fully saturated rings. The summed E-state index contributed by atoms with van der Waals surface area (Å²) in [5.74, 6) is 0.330. The summed E-state index contributed by atoms with van der Waals surface area (Å²) in [5.41, 5.74) is 0. The minimum atomic E-state index is -2.97. The minimum absolute atomic E-state index is 0.0838. The molecule has 0 radical (unpaired) electrons. The number of hydrogen-bond donors (Lipinski definition) is 1. The fraction of sp³-hybridized carbons (Fsp3) is 0.750. The molecule has 4 nitrogen and oxygen atoms in total. The van der Waals surface area contributed by atoms with Crippen LogP contribution in [0.15, 0.2) is 6.20 Å². The number of nitrogens with zero attached hydrogens (tertiary/aromatic N) is 1. The van der Waals surface area contributed by atoms with Crippen LogP contribution < -0.4 is 5.32 Å². The first-order chi connectivity index (χ1) is 8.57. The van der Waals surface area contributed by atoms with Gasteiger partial charge >= 0.3 is 0 Å². The van der Waals surface area contributed by atoms with Gasteiger partial charge in [-0.3, -0.25) is 0 Å². The summed E-state index contributed by atoms with van der Waals surface area (Å²) in [6.45, 7) is 5.82. The van der Waals surface area contributed by atoms with Gasteiger partial charge in [-0.2, -0.15) is 0 Å². The van der Waals surface area contributed by atoms with Gasteiger partial charge in [-0.1, -0.05) is 20.3 Å². The molecule has 1 N–H and O–H groups in total. The maximum atomic E-state index is 11.7. The molecule has 0 aliphatic heterocycles. The quantitative estimate of drug-likeness (QED) is 0.709. The predicted molar refractivity (Wildman–Crippen MR) is 76.5 cm³/mol. The van der Waals surface area contributed by atoms with Gasteiger partial charge in [0.05, 0.1) is 5.75 Å². The van der Waals surface area contributed by atoms with Crippen LogP contribution in [0, 0.1) is 0 Å². The van der Waals surface area contributed by atoms with Crippen LogP contribution in [-0.2, 0) is 22.1 Å². The number of thiazole rings is 1. The van der Waals surface area contributed by atoms with E-state index in [1.807, 2.05) is 6.92 Å². The van der Waals surface area contributed by atoms with Crippen LogP contribution in [0.25, 0.3) is 0 Å². The van der Waals surface area contributed by atoms with Crippen molar-refractivity contribution < 1.29 is 8.42 Å². The van der Waals surface area contributed by atoms with Crippen molar-refractivity contribution in [2.75, 3.05) is 12.3 Å². The molecular formula is C12H22N2O2S2. The predicted octanol–water partition coefficient (Wildman–Crippen LogP) is 2.36. The molecule has 0 saturated heterocycles. The Morgan fingerprint density at radius 2 is 2.11 bits per heavy atom. The molecule has 18 heavy (non-hydrogen) atoms. The highest BCUT2D eigenvalue weighted by Crippen LogP contribution is 2.16. The van der Waals surface area contributed by atoms with Crippen LogP contribution in [0.2, 0.25) is 0 Å². The third-order valence-electron chi connectivity index (χ3n) is 2.47. The average molecular weight is 290 g/mol. The van der Waals surface area contributed by atoms with Crippen LogP contribution in [0.3, 0.4) is 0 Å². The van der Waals surface area contributed by atoms with Gasteiger partial charge in [-0.05, 0) is 19.4 Å². The molecule has 0 aliphatic rings. The SMILES string of the molecule is CCCCNCc1cnc(CS(=O)(=O)CCC)s1. The zero-order valence-corrected chi connectivity index (χ0v) is 12.7. The first kappa shape index (κ1) is 15.6. The van der Waals surface area contributed by atoms with Gasteiger partial charge in [0.15, 0.2) is 9.84 Å². The van der Waals surface area contributed by atoms with E-state index in [0.29, 0.717) is 11.4 Å². The van der Waals surface area contributed by atoms with E-state index >= 15 is 0 Å². The molecule has 1 rings (SSSR count). The highest BCUT2D eigenvalue weighted by atomic mass is 32.2. The van der Waals surface area contributed by atoms with Gasteiger partial charge in [0.25, 0.3) is 0 Å². The molecule has 0 bridgehead atoms. The molecule has 0 amide bonds. The Hall–Kier alpha value is -0.460. The Labute approximate surface area is 114 Å². The minimum Gasteiger partial charge on any atom is -0.312 e. The Morgan fingerprint density at radius 3 is 2.78 bits per heavy atom. The second kappa shape index (κ2) is 7.86. The standard InChI is InChI=1S/C12H22N2O2S2/c1-3-5-6-13-8-11-9-14-12(17-11)10-18(15,16)7-4-2/h9,13H,3-8,10H2,1-2H3. The zero-order valence-electron chi connectivity index (χ0n) is 11.1. The fourth-order valence-electron chi connectivity index (χ4n) is 1.58. The lowest BCUT2D eigenvalue weighted by molar-refractivity contribution is 0.594. The van der Waals surface area contributed by atoms with Gasteiger partial charge in [0, 0.05) is 17.6 Å². The molecule has 0 aliphatic carbocycles. The van der Waals surface area contributed by atoms with Gasteiger partial charge in [-0.25, -0.2) is 13.4 Å². The molecule has 104 valence electrons. The van der Waals surface area contributed by atoms with Crippen molar-refractivity contribution in [2.45, 2.75) is 45.4 Å². The third-order valence-corrected chi connectivity index (χ3v) is 5.39. The first-order valence-corrected chi connectivity index (χ1v) is 9.06. The van der Waals surface area contributed by atoms with Crippen molar-refractivity contribution >= 4 is 21.2 Å². The number of unbranched alkanes of at least 4 members (excludes halogenated alkanes) is 1. The number of rotatable bonds is 9. The summed E-state index contributed by atoms with van der Waals surface area (Å²) in [6.07, 6.45) is 4.78.